The van der Waals surface area contributed by atoms with Gasteiger partial charge in [0.25, 0.3) is 0 Å². The highest BCUT2D eigenvalue weighted by Gasteiger charge is 2.47. The second-order valence-corrected chi connectivity index (χ2v) is 10.4. The average Bonchev–Trinajstić information content (AvgIpc) is 3.21. The molecule has 0 aromatic rings. The number of ether oxygens (including phenoxy) is 2. The molecule has 2 aliphatic carbocycles. The molecule has 7 nitrogen and oxygen atoms in total. The molecule has 2 fully saturated rings. The molecule has 0 spiro atoms. The van der Waals surface area contributed by atoms with Gasteiger partial charge in [-0.1, -0.05) is 19.8 Å². The highest BCUT2D eigenvalue weighted by molar-refractivity contribution is 5.99. The third-order valence-electron chi connectivity index (χ3n) is 6.75. The van der Waals surface area contributed by atoms with Crippen molar-refractivity contribution in [2.75, 3.05) is 6.61 Å². The summed E-state index contributed by atoms with van der Waals surface area (Å²) in [7, 11) is 0. The Bertz CT molecular complexity index is 681. The van der Waals surface area contributed by atoms with Crippen LogP contribution >= 0.6 is 0 Å². The summed E-state index contributed by atoms with van der Waals surface area (Å²) >= 11 is 0. The van der Waals surface area contributed by atoms with Gasteiger partial charge < -0.3 is 14.8 Å². The summed E-state index contributed by atoms with van der Waals surface area (Å²) in [5, 5.41) is 3.19. The Balaban J connectivity index is 2.06. The lowest BCUT2D eigenvalue weighted by Gasteiger charge is -2.35. The van der Waals surface area contributed by atoms with Gasteiger partial charge in [-0.2, -0.15) is 0 Å². The maximum atomic E-state index is 13.4. The van der Waals surface area contributed by atoms with Crippen LogP contribution in [0.4, 0.5) is 0 Å². The van der Waals surface area contributed by atoms with Crippen LogP contribution in [-0.4, -0.2) is 41.9 Å². The van der Waals surface area contributed by atoms with Gasteiger partial charge in [-0.3, -0.25) is 19.2 Å². The van der Waals surface area contributed by atoms with Crippen molar-refractivity contribution in [2.24, 2.45) is 17.3 Å². The topological polar surface area (TPSA) is 98.8 Å². The van der Waals surface area contributed by atoms with Crippen molar-refractivity contribution < 1.29 is 28.7 Å². The number of amides is 1. The molecule has 0 saturated heterocycles. The standard InChI is InChI=1S/C25H41NO6/c1-6-20(27)19(22(29)32-24(3,4)5)16-25(14-8-9-15-25)23(30)26-18-12-10-17(11-13-18)21(28)31-7-2/h17-19H,6-16H2,1-5H3,(H,26,30). The smallest absolute Gasteiger partial charge is 0.317 e. The van der Waals surface area contributed by atoms with Crippen molar-refractivity contribution in [3.63, 3.8) is 0 Å². The molecule has 1 N–H and O–H groups in total. The molecular formula is C25H41NO6. The van der Waals surface area contributed by atoms with Crippen LogP contribution in [0.25, 0.3) is 0 Å². The van der Waals surface area contributed by atoms with Crippen LogP contribution in [0.5, 0.6) is 0 Å². The summed E-state index contributed by atoms with van der Waals surface area (Å²) in [6, 6.07) is 0.00695. The van der Waals surface area contributed by atoms with Gasteiger partial charge in [-0.25, -0.2) is 0 Å². The number of esters is 2. The van der Waals surface area contributed by atoms with Gasteiger partial charge in [-0.15, -0.1) is 0 Å². The molecule has 2 saturated carbocycles. The molecule has 1 unspecified atom stereocenters. The van der Waals surface area contributed by atoms with Crippen LogP contribution in [0.3, 0.4) is 0 Å². The fourth-order valence-electron chi connectivity index (χ4n) is 4.99. The molecule has 0 aromatic heterocycles. The molecular weight excluding hydrogens is 410 g/mol. The lowest BCUT2D eigenvalue weighted by Crippen LogP contribution is -2.48. The average molecular weight is 452 g/mol. The minimum atomic E-state index is -0.914. The summed E-state index contributed by atoms with van der Waals surface area (Å²) in [5.41, 5.74) is -1.41. The highest BCUT2D eigenvalue weighted by atomic mass is 16.6. The van der Waals surface area contributed by atoms with Crippen LogP contribution in [0.15, 0.2) is 0 Å². The van der Waals surface area contributed by atoms with E-state index in [1.807, 2.05) is 0 Å². The van der Waals surface area contributed by atoms with Gasteiger partial charge in [-0.05, 0) is 72.6 Å². The van der Waals surface area contributed by atoms with Crippen LogP contribution in [0, 0.1) is 17.3 Å². The quantitative estimate of drug-likeness (QED) is 0.418. The van der Waals surface area contributed by atoms with Crippen LogP contribution in [0.2, 0.25) is 0 Å². The summed E-state index contributed by atoms with van der Waals surface area (Å²) in [5.74, 6) is -1.92. The monoisotopic (exact) mass is 451 g/mol. The molecule has 2 aliphatic rings. The van der Waals surface area contributed by atoms with E-state index in [9.17, 15) is 19.2 Å². The predicted octanol–water partition coefficient (Wildman–Crippen LogP) is 4.11. The van der Waals surface area contributed by atoms with E-state index in [4.69, 9.17) is 9.47 Å². The Labute approximate surface area is 192 Å². The number of Topliss-reactive ketones (excluding diaryl/α,β-unsaturated/α-hetero) is 1. The van der Waals surface area contributed by atoms with Crippen LogP contribution < -0.4 is 5.32 Å². The van der Waals surface area contributed by atoms with Crippen molar-refractivity contribution in [2.45, 2.75) is 110 Å². The van der Waals surface area contributed by atoms with E-state index in [1.165, 1.54) is 0 Å². The van der Waals surface area contributed by atoms with Gasteiger partial charge in [0.15, 0.2) is 0 Å². The molecule has 7 heteroatoms. The number of ketones is 1. The summed E-state index contributed by atoms with van der Waals surface area (Å²) < 4.78 is 10.7. The van der Waals surface area contributed by atoms with E-state index in [2.05, 4.69) is 5.32 Å². The number of nitrogens with one attached hydrogen (secondary N) is 1. The fraction of sp³-hybridized carbons (Fsp3) is 0.840. The number of hydrogen-bond acceptors (Lipinski definition) is 6. The molecule has 0 aliphatic heterocycles. The van der Waals surface area contributed by atoms with Crippen molar-refractivity contribution in [3.8, 4) is 0 Å². The SMILES string of the molecule is CCOC(=O)C1CCC(NC(=O)C2(CC(C(=O)CC)C(=O)OC(C)(C)C)CCCC2)CC1. The molecule has 182 valence electrons. The zero-order valence-corrected chi connectivity index (χ0v) is 20.5. The maximum absolute atomic E-state index is 13.4. The predicted molar refractivity (Wildman–Crippen MR) is 121 cm³/mol. The normalized spacial score (nSPS) is 23.8. The Hall–Kier alpha value is -1.92. The van der Waals surface area contributed by atoms with Crippen LogP contribution in [-0.2, 0) is 28.7 Å². The zero-order chi connectivity index (χ0) is 23.9. The molecule has 0 heterocycles. The first kappa shape index (κ1) is 26.3. The minimum absolute atomic E-state index is 0.00695. The lowest BCUT2D eigenvalue weighted by molar-refractivity contribution is -0.164. The largest absolute Gasteiger partial charge is 0.466 e. The van der Waals surface area contributed by atoms with E-state index in [-0.39, 0.29) is 42.5 Å². The van der Waals surface area contributed by atoms with Gasteiger partial charge in [0.2, 0.25) is 5.91 Å². The van der Waals surface area contributed by atoms with E-state index in [0.717, 1.165) is 25.7 Å². The zero-order valence-electron chi connectivity index (χ0n) is 20.5. The Kier molecular flexibility index (Phi) is 9.28. The lowest BCUT2D eigenvalue weighted by atomic mass is 9.74. The Morgan fingerprint density at radius 2 is 1.59 bits per heavy atom. The summed E-state index contributed by atoms with van der Waals surface area (Å²) in [6.45, 7) is 9.27. The number of hydrogen-bond donors (Lipinski definition) is 1. The molecule has 1 atom stereocenters. The van der Waals surface area contributed by atoms with Crippen LogP contribution in [0.1, 0.15) is 98.8 Å². The molecule has 0 bridgehead atoms. The van der Waals surface area contributed by atoms with Gasteiger partial charge in [0.1, 0.15) is 17.3 Å². The van der Waals surface area contributed by atoms with E-state index < -0.39 is 22.9 Å². The van der Waals surface area contributed by atoms with E-state index in [0.29, 0.717) is 32.3 Å². The number of carbonyl (C=O) groups excluding carboxylic acids is 4. The summed E-state index contributed by atoms with van der Waals surface area (Å²) in [6.07, 6.45) is 6.47. The third-order valence-corrected chi connectivity index (χ3v) is 6.75. The van der Waals surface area contributed by atoms with Gasteiger partial charge in [0, 0.05) is 12.5 Å². The second kappa shape index (κ2) is 11.3. The molecule has 2 rings (SSSR count). The number of carbonyl (C=O) groups is 4. The highest BCUT2D eigenvalue weighted by Crippen LogP contribution is 2.44. The first-order valence-corrected chi connectivity index (χ1v) is 12.2. The first-order chi connectivity index (χ1) is 15.0. The number of rotatable bonds is 9. The summed E-state index contributed by atoms with van der Waals surface area (Å²) in [4.78, 5) is 50.9. The van der Waals surface area contributed by atoms with E-state index >= 15 is 0 Å². The molecule has 0 radical (unpaired) electrons. The maximum Gasteiger partial charge on any atom is 0.317 e. The Morgan fingerprint density at radius 3 is 2.09 bits per heavy atom. The third kappa shape index (κ3) is 7.04. The van der Waals surface area contributed by atoms with Crippen molar-refractivity contribution in [1.82, 2.24) is 5.32 Å². The van der Waals surface area contributed by atoms with Gasteiger partial charge >= 0.3 is 11.9 Å². The van der Waals surface area contributed by atoms with Crippen molar-refractivity contribution in [1.29, 1.82) is 0 Å². The fourth-order valence-corrected chi connectivity index (χ4v) is 4.99. The molecule has 1 amide bonds. The molecule has 0 aromatic carbocycles. The van der Waals surface area contributed by atoms with Crippen molar-refractivity contribution in [3.05, 3.63) is 0 Å². The molecule has 32 heavy (non-hydrogen) atoms. The van der Waals surface area contributed by atoms with Crippen molar-refractivity contribution >= 4 is 23.6 Å². The minimum Gasteiger partial charge on any atom is -0.466 e. The second-order valence-electron chi connectivity index (χ2n) is 10.4. The van der Waals surface area contributed by atoms with E-state index in [1.54, 1.807) is 34.6 Å². The first-order valence-electron chi connectivity index (χ1n) is 12.2. The van der Waals surface area contributed by atoms with Gasteiger partial charge in [0.05, 0.1) is 17.9 Å². The Morgan fingerprint density at radius 1 is 1.00 bits per heavy atom.